The molecule has 0 unspecified atom stereocenters. The van der Waals surface area contributed by atoms with Crippen LogP contribution in [0.1, 0.15) is 4.88 Å². The highest BCUT2D eigenvalue weighted by Gasteiger charge is 2.14. The lowest BCUT2D eigenvalue weighted by molar-refractivity contribution is 0.211. The third-order valence-corrected chi connectivity index (χ3v) is 4.29. The van der Waals surface area contributed by atoms with E-state index in [1.165, 1.54) is 4.88 Å². The van der Waals surface area contributed by atoms with Gasteiger partial charge in [0.25, 0.3) is 0 Å². The van der Waals surface area contributed by atoms with E-state index in [-0.39, 0.29) is 12.5 Å². The molecule has 0 radical (unpaired) electrons. The second kappa shape index (κ2) is 6.65. The summed E-state index contributed by atoms with van der Waals surface area (Å²) in [5.41, 5.74) is 0.857. The van der Waals surface area contributed by atoms with Gasteiger partial charge >= 0.3 is 0 Å². The molecule has 0 amide bonds. The predicted molar refractivity (Wildman–Crippen MR) is 84.1 cm³/mol. The molecular formula is C16H17N3OS. The van der Waals surface area contributed by atoms with Gasteiger partial charge in [0.2, 0.25) is 0 Å². The summed E-state index contributed by atoms with van der Waals surface area (Å²) in [6, 6.07) is 9.96. The molecule has 1 N–H and O–H groups in total. The molecule has 21 heavy (non-hydrogen) atoms. The standard InChI is InChI=1S/C16H17N3OS/c20-12-13(10-14-4-3-9-21-14)11-19-8-7-18-16(19)15-5-1-2-6-17-15/h1-9,13,20H,10-12H2/t13-/m1/s1. The van der Waals surface area contributed by atoms with Crippen LogP contribution in [-0.4, -0.2) is 26.2 Å². The molecule has 3 aromatic rings. The van der Waals surface area contributed by atoms with E-state index in [1.807, 2.05) is 30.5 Å². The number of aliphatic hydroxyl groups is 1. The minimum absolute atomic E-state index is 0.164. The number of hydrogen-bond donors (Lipinski definition) is 1. The van der Waals surface area contributed by atoms with Crippen LogP contribution < -0.4 is 0 Å². The zero-order valence-electron chi connectivity index (χ0n) is 11.6. The summed E-state index contributed by atoms with van der Waals surface area (Å²) in [5.74, 6) is 1.03. The molecule has 0 spiro atoms. The second-order valence-corrected chi connectivity index (χ2v) is 5.98. The van der Waals surface area contributed by atoms with Gasteiger partial charge in [-0.2, -0.15) is 0 Å². The summed E-state index contributed by atoms with van der Waals surface area (Å²) in [6.07, 6.45) is 6.38. The molecule has 0 bridgehead atoms. The Balaban J connectivity index is 1.77. The normalized spacial score (nSPS) is 12.4. The lowest BCUT2D eigenvalue weighted by atomic mass is 10.1. The van der Waals surface area contributed by atoms with Crippen molar-refractivity contribution in [3.63, 3.8) is 0 Å². The smallest absolute Gasteiger partial charge is 0.158 e. The lowest BCUT2D eigenvalue weighted by Crippen LogP contribution is -2.17. The third-order valence-electron chi connectivity index (χ3n) is 3.39. The lowest BCUT2D eigenvalue weighted by Gasteiger charge is -2.15. The molecular weight excluding hydrogens is 282 g/mol. The highest BCUT2D eigenvalue weighted by Crippen LogP contribution is 2.19. The monoisotopic (exact) mass is 299 g/mol. The molecule has 3 rings (SSSR count). The first kappa shape index (κ1) is 14.0. The van der Waals surface area contributed by atoms with Crippen molar-refractivity contribution in [2.24, 2.45) is 5.92 Å². The average Bonchev–Trinajstić information content (AvgIpc) is 3.19. The maximum absolute atomic E-state index is 9.64. The van der Waals surface area contributed by atoms with E-state index >= 15 is 0 Å². The van der Waals surface area contributed by atoms with Crippen molar-refractivity contribution in [2.45, 2.75) is 13.0 Å². The van der Waals surface area contributed by atoms with Crippen molar-refractivity contribution >= 4 is 11.3 Å². The van der Waals surface area contributed by atoms with Gasteiger partial charge in [-0.3, -0.25) is 4.98 Å². The van der Waals surface area contributed by atoms with Gasteiger partial charge in [-0.05, 0) is 30.0 Å². The van der Waals surface area contributed by atoms with Gasteiger partial charge in [-0.15, -0.1) is 11.3 Å². The van der Waals surface area contributed by atoms with E-state index in [0.717, 1.165) is 24.5 Å². The fourth-order valence-electron chi connectivity index (χ4n) is 2.36. The minimum atomic E-state index is 0.164. The van der Waals surface area contributed by atoms with Crippen LogP contribution in [0.5, 0.6) is 0 Å². The van der Waals surface area contributed by atoms with Gasteiger partial charge in [-0.1, -0.05) is 12.1 Å². The number of hydrogen-bond acceptors (Lipinski definition) is 4. The molecule has 108 valence electrons. The van der Waals surface area contributed by atoms with Gasteiger partial charge < -0.3 is 9.67 Å². The number of aliphatic hydroxyl groups excluding tert-OH is 1. The third kappa shape index (κ3) is 3.37. The van der Waals surface area contributed by atoms with Crippen LogP contribution in [0.4, 0.5) is 0 Å². The Morgan fingerprint density at radius 3 is 2.81 bits per heavy atom. The van der Waals surface area contributed by atoms with E-state index in [1.54, 1.807) is 23.7 Å². The van der Waals surface area contributed by atoms with Gasteiger partial charge in [-0.25, -0.2) is 4.98 Å². The van der Waals surface area contributed by atoms with Crippen LogP contribution in [0.3, 0.4) is 0 Å². The van der Waals surface area contributed by atoms with Crippen LogP contribution in [0.15, 0.2) is 54.3 Å². The van der Waals surface area contributed by atoms with Gasteiger partial charge in [0.05, 0.1) is 0 Å². The number of thiophene rings is 1. The summed E-state index contributed by atoms with van der Waals surface area (Å²) in [7, 11) is 0. The molecule has 3 heterocycles. The van der Waals surface area contributed by atoms with E-state index in [9.17, 15) is 5.11 Å². The Hall–Kier alpha value is -1.98. The Morgan fingerprint density at radius 2 is 2.10 bits per heavy atom. The summed E-state index contributed by atoms with van der Waals surface area (Å²) in [5, 5.41) is 11.7. The first-order valence-electron chi connectivity index (χ1n) is 6.92. The topological polar surface area (TPSA) is 50.9 Å². The molecule has 0 saturated heterocycles. The zero-order valence-corrected chi connectivity index (χ0v) is 12.4. The van der Waals surface area contributed by atoms with Gasteiger partial charge in [0.1, 0.15) is 5.69 Å². The number of nitrogens with zero attached hydrogens (tertiary/aromatic N) is 3. The molecule has 4 nitrogen and oxygen atoms in total. The molecule has 5 heteroatoms. The molecule has 0 aromatic carbocycles. The van der Waals surface area contributed by atoms with E-state index in [4.69, 9.17) is 0 Å². The largest absolute Gasteiger partial charge is 0.396 e. The predicted octanol–water partition coefficient (Wildman–Crippen LogP) is 2.86. The molecule has 0 saturated carbocycles. The average molecular weight is 299 g/mol. The fourth-order valence-corrected chi connectivity index (χ4v) is 3.18. The van der Waals surface area contributed by atoms with Crippen molar-refractivity contribution in [1.82, 2.24) is 14.5 Å². The summed E-state index contributed by atoms with van der Waals surface area (Å²) in [6.45, 7) is 0.901. The van der Waals surface area contributed by atoms with Crippen molar-refractivity contribution in [3.8, 4) is 11.5 Å². The molecule has 0 fully saturated rings. The van der Waals surface area contributed by atoms with Gasteiger partial charge in [0, 0.05) is 42.5 Å². The zero-order chi connectivity index (χ0) is 14.5. The molecule has 1 atom stereocenters. The highest BCUT2D eigenvalue weighted by atomic mass is 32.1. The van der Waals surface area contributed by atoms with E-state index in [0.29, 0.717) is 0 Å². The van der Waals surface area contributed by atoms with E-state index < -0.39 is 0 Å². The van der Waals surface area contributed by atoms with E-state index in [2.05, 4.69) is 26.0 Å². The van der Waals surface area contributed by atoms with Crippen LogP contribution in [0, 0.1) is 5.92 Å². The van der Waals surface area contributed by atoms with Crippen LogP contribution in [0.25, 0.3) is 11.5 Å². The fraction of sp³-hybridized carbons (Fsp3) is 0.250. The van der Waals surface area contributed by atoms with Crippen molar-refractivity contribution < 1.29 is 5.11 Å². The quantitative estimate of drug-likeness (QED) is 0.761. The summed E-state index contributed by atoms with van der Waals surface area (Å²) >= 11 is 1.73. The first-order valence-corrected chi connectivity index (χ1v) is 7.80. The summed E-state index contributed by atoms with van der Waals surface area (Å²) in [4.78, 5) is 10.0. The molecule has 0 aliphatic carbocycles. The molecule has 0 aliphatic heterocycles. The number of pyridine rings is 1. The first-order chi connectivity index (χ1) is 10.4. The Kier molecular flexibility index (Phi) is 4.43. The van der Waals surface area contributed by atoms with Crippen LogP contribution in [0.2, 0.25) is 0 Å². The Morgan fingerprint density at radius 1 is 1.14 bits per heavy atom. The number of imidazole rings is 1. The van der Waals surface area contributed by atoms with Crippen molar-refractivity contribution in [2.75, 3.05) is 6.61 Å². The Labute approximate surface area is 127 Å². The number of aromatic nitrogens is 3. The maximum Gasteiger partial charge on any atom is 0.158 e. The SMILES string of the molecule is OC[C@H](Cc1cccs1)Cn1ccnc1-c1ccccn1. The molecule has 3 aromatic heterocycles. The maximum atomic E-state index is 9.64. The Bertz CT molecular complexity index is 664. The number of rotatable bonds is 6. The second-order valence-electron chi connectivity index (χ2n) is 4.95. The van der Waals surface area contributed by atoms with Crippen LogP contribution >= 0.6 is 11.3 Å². The van der Waals surface area contributed by atoms with Crippen molar-refractivity contribution in [3.05, 3.63) is 59.2 Å². The van der Waals surface area contributed by atoms with Crippen LogP contribution in [-0.2, 0) is 13.0 Å². The summed E-state index contributed by atoms with van der Waals surface area (Å²) < 4.78 is 2.07. The van der Waals surface area contributed by atoms with Crippen molar-refractivity contribution in [1.29, 1.82) is 0 Å². The van der Waals surface area contributed by atoms with Gasteiger partial charge in [0.15, 0.2) is 5.82 Å². The highest BCUT2D eigenvalue weighted by molar-refractivity contribution is 7.09. The minimum Gasteiger partial charge on any atom is -0.396 e. The molecule has 0 aliphatic rings.